The van der Waals surface area contributed by atoms with E-state index in [0.717, 1.165) is 12.1 Å². The number of piperidine rings is 1. The van der Waals surface area contributed by atoms with Crippen molar-refractivity contribution in [3.8, 4) is 0 Å². The van der Waals surface area contributed by atoms with Gasteiger partial charge in [0.2, 0.25) is 0 Å². The lowest BCUT2D eigenvalue weighted by molar-refractivity contribution is 0.0756. The molecule has 0 aromatic heterocycles. The molecule has 1 saturated heterocycles. The summed E-state index contributed by atoms with van der Waals surface area (Å²) in [6.07, 6.45) is 9.35. The summed E-state index contributed by atoms with van der Waals surface area (Å²) in [5.74, 6) is 0. The largest absolute Gasteiger partial charge is 0.312 e. The number of likely N-dealkylation sites (tertiary alicyclic amines) is 1. The van der Waals surface area contributed by atoms with Crippen LogP contribution in [-0.2, 0) is 0 Å². The van der Waals surface area contributed by atoms with Gasteiger partial charge in [-0.15, -0.1) is 0 Å². The Morgan fingerprint density at radius 2 is 1.94 bits per heavy atom. The number of hydrogen-bond acceptors (Lipinski definition) is 2. The van der Waals surface area contributed by atoms with Gasteiger partial charge in [0.1, 0.15) is 0 Å². The lowest BCUT2D eigenvalue weighted by Crippen LogP contribution is -2.54. The van der Waals surface area contributed by atoms with Gasteiger partial charge in [0.25, 0.3) is 0 Å². The third-order valence-corrected chi connectivity index (χ3v) is 4.42. The molecule has 2 nitrogen and oxygen atoms in total. The van der Waals surface area contributed by atoms with E-state index in [1.165, 1.54) is 58.0 Å². The second kappa shape index (κ2) is 8.92. The maximum atomic E-state index is 3.80. The van der Waals surface area contributed by atoms with Crippen molar-refractivity contribution in [3.05, 3.63) is 0 Å². The van der Waals surface area contributed by atoms with Crippen LogP contribution in [0, 0.1) is 0 Å². The van der Waals surface area contributed by atoms with Gasteiger partial charge in [0.05, 0.1) is 0 Å². The van der Waals surface area contributed by atoms with Gasteiger partial charge in [-0.05, 0) is 52.1 Å². The maximum absolute atomic E-state index is 3.80. The minimum atomic E-state index is 0.695. The number of rotatable bonds is 8. The second-order valence-corrected chi connectivity index (χ2v) is 5.91. The van der Waals surface area contributed by atoms with Crippen LogP contribution in [0.5, 0.6) is 0 Å². The highest BCUT2D eigenvalue weighted by atomic mass is 15.2. The summed E-state index contributed by atoms with van der Waals surface area (Å²) in [5, 5.41) is 3.80. The van der Waals surface area contributed by atoms with E-state index >= 15 is 0 Å². The van der Waals surface area contributed by atoms with E-state index in [2.05, 4.69) is 37.9 Å². The van der Waals surface area contributed by atoms with Gasteiger partial charge in [-0.25, -0.2) is 0 Å². The maximum Gasteiger partial charge on any atom is 0.0249 e. The predicted octanol–water partition coefficient (Wildman–Crippen LogP) is 3.81. The summed E-state index contributed by atoms with van der Waals surface area (Å²) >= 11 is 0. The van der Waals surface area contributed by atoms with Crippen LogP contribution < -0.4 is 5.32 Å². The quantitative estimate of drug-likeness (QED) is 0.708. The minimum absolute atomic E-state index is 0.695. The fourth-order valence-electron chi connectivity index (χ4n) is 3.43. The average molecular weight is 254 g/mol. The minimum Gasteiger partial charge on any atom is -0.312 e. The van der Waals surface area contributed by atoms with Gasteiger partial charge in [-0.1, -0.05) is 33.6 Å². The van der Waals surface area contributed by atoms with Crippen LogP contribution in [0.15, 0.2) is 0 Å². The Morgan fingerprint density at radius 1 is 1.17 bits per heavy atom. The fraction of sp³-hybridized carbons (Fsp3) is 1.00. The zero-order valence-corrected chi connectivity index (χ0v) is 13.0. The Kier molecular flexibility index (Phi) is 7.92. The molecule has 0 amide bonds. The van der Waals surface area contributed by atoms with E-state index in [1.54, 1.807) is 0 Å². The van der Waals surface area contributed by atoms with E-state index in [0.29, 0.717) is 6.04 Å². The third kappa shape index (κ3) is 4.55. The smallest absolute Gasteiger partial charge is 0.0249 e. The Hall–Kier alpha value is -0.0800. The molecule has 2 heteroatoms. The molecule has 1 aliphatic rings. The predicted molar refractivity (Wildman–Crippen MR) is 81.1 cm³/mol. The van der Waals surface area contributed by atoms with Crippen LogP contribution in [0.25, 0.3) is 0 Å². The molecule has 0 aromatic rings. The third-order valence-electron chi connectivity index (χ3n) is 4.42. The molecule has 0 aromatic carbocycles. The van der Waals surface area contributed by atoms with Gasteiger partial charge in [-0.3, -0.25) is 4.90 Å². The molecule has 1 rings (SSSR count). The summed E-state index contributed by atoms with van der Waals surface area (Å²) in [5.41, 5.74) is 0. The Balaban J connectivity index is 2.63. The molecule has 0 spiro atoms. The lowest BCUT2D eigenvalue weighted by Gasteiger charge is -2.43. The molecule has 3 unspecified atom stereocenters. The summed E-state index contributed by atoms with van der Waals surface area (Å²) in [6, 6.07) is 2.22. The van der Waals surface area contributed by atoms with Crippen molar-refractivity contribution >= 4 is 0 Å². The fourth-order valence-corrected chi connectivity index (χ4v) is 3.43. The normalized spacial score (nSPS) is 25.0. The molecule has 108 valence electrons. The highest BCUT2D eigenvalue weighted by molar-refractivity contribution is 4.88. The van der Waals surface area contributed by atoms with Crippen molar-refractivity contribution in [2.45, 2.75) is 90.8 Å². The van der Waals surface area contributed by atoms with Crippen LogP contribution in [0.4, 0.5) is 0 Å². The van der Waals surface area contributed by atoms with Gasteiger partial charge in [0.15, 0.2) is 0 Å². The highest BCUT2D eigenvalue weighted by Crippen LogP contribution is 2.23. The Bertz CT molecular complexity index is 205. The molecule has 1 aliphatic heterocycles. The molecule has 1 heterocycles. The number of hydrogen-bond donors (Lipinski definition) is 1. The monoisotopic (exact) mass is 254 g/mol. The molecular formula is C16H34N2. The summed E-state index contributed by atoms with van der Waals surface area (Å²) in [4.78, 5) is 2.78. The van der Waals surface area contributed by atoms with Crippen LogP contribution in [0.1, 0.15) is 72.6 Å². The van der Waals surface area contributed by atoms with Crippen LogP contribution in [-0.4, -0.2) is 36.1 Å². The van der Waals surface area contributed by atoms with E-state index in [1.807, 2.05) is 0 Å². The molecule has 18 heavy (non-hydrogen) atoms. The van der Waals surface area contributed by atoms with E-state index in [-0.39, 0.29) is 0 Å². The first kappa shape index (κ1) is 16.0. The van der Waals surface area contributed by atoms with Crippen molar-refractivity contribution < 1.29 is 0 Å². The molecule has 0 saturated carbocycles. The summed E-state index contributed by atoms with van der Waals surface area (Å²) in [6.45, 7) is 11.8. The topological polar surface area (TPSA) is 15.3 Å². The van der Waals surface area contributed by atoms with Gasteiger partial charge < -0.3 is 5.32 Å². The van der Waals surface area contributed by atoms with Gasteiger partial charge >= 0.3 is 0 Å². The van der Waals surface area contributed by atoms with Crippen molar-refractivity contribution in [2.75, 3.05) is 13.1 Å². The zero-order valence-electron chi connectivity index (χ0n) is 13.0. The van der Waals surface area contributed by atoms with Crippen molar-refractivity contribution in [1.29, 1.82) is 0 Å². The molecule has 3 atom stereocenters. The summed E-state index contributed by atoms with van der Waals surface area (Å²) in [7, 11) is 0. The van der Waals surface area contributed by atoms with Crippen LogP contribution >= 0.6 is 0 Å². The molecule has 1 N–H and O–H groups in total. The number of nitrogens with one attached hydrogen (secondary N) is 1. The first-order chi connectivity index (χ1) is 8.74. The average Bonchev–Trinajstić information content (AvgIpc) is 2.38. The molecule has 0 aliphatic carbocycles. The van der Waals surface area contributed by atoms with Gasteiger partial charge in [0, 0.05) is 18.1 Å². The van der Waals surface area contributed by atoms with E-state index in [4.69, 9.17) is 0 Å². The molecular weight excluding hydrogens is 220 g/mol. The molecule has 0 bridgehead atoms. The lowest BCUT2D eigenvalue weighted by atomic mass is 9.93. The van der Waals surface area contributed by atoms with E-state index in [9.17, 15) is 0 Å². The Morgan fingerprint density at radius 3 is 2.50 bits per heavy atom. The van der Waals surface area contributed by atoms with Gasteiger partial charge in [-0.2, -0.15) is 0 Å². The van der Waals surface area contributed by atoms with E-state index < -0.39 is 0 Å². The van der Waals surface area contributed by atoms with Crippen LogP contribution in [0.3, 0.4) is 0 Å². The second-order valence-electron chi connectivity index (χ2n) is 5.91. The summed E-state index contributed by atoms with van der Waals surface area (Å²) < 4.78 is 0. The Labute approximate surface area is 115 Å². The van der Waals surface area contributed by atoms with Crippen LogP contribution in [0.2, 0.25) is 0 Å². The number of nitrogens with zero attached hydrogens (tertiary/aromatic N) is 1. The van der Waals surface area contributed by atoms with Crippen molar-refractivity contribution in [2.24, 2.45) is 0 Å². The highest BCUT2D eigenvalue weighted by Gasteiger charge is 2.29. The molecule has 0 radical (unpaired) electrons. The van der Waals surface area contributed by atoms with Crippen molar-refractivity contribution in [3.63, 3.8) is 0 Å². The standard InChI is InChI=1S/C16H34N2/c1-5-10-15(17-12-6-2)16(7-3)18-13-9-8-11-14(18)4/h14-17H,5-13H2,1-4H3. The SMILES string of the molecule is CCCNC(CCC)C(CC)N1CCCCC1C. The zero-order chi connectivity index (χ0) is 13.4. The molecule has 1 fully saturated rings. The first-order valence-electron chi connectivity index (χ1n) is 8.23. The first-order valence-corrected chi connectivity index (χ1v) is 8.23. The van der Waals surface area contributed by atoms with Crippen molar-refractivity contribution in [1.82, 2.24) is 10.2 Å².